The third-order valence-corrected chi connectivity index (χ3v) is 4.54. The maximum atomic E-state index is 9.37. The van der Waals surface area contributed by atoms with Crippen LogP contribution in [-0.2, 0) is 0 Å². The molecule has 0 spiro atoms. The molecule has 1 N–H and O–H groups in total. The molecule has 90 valence electrons. The van der Waals surface area contributed by atoms with Crippen LogP contribution >= 0.6 is 0 Å². The fourth-order valence-electron chi connectivity index (χ4n) is 3.37. The molecule has 0 aromatic rings. The van der Waals surface area contributed by atoms with E-state index in [0.717, 1.165) is 0 Å². The second kappa shape index (κ2) is 4.75. The second-order valence-electron chi connectivity index (χ2n) is 5.71. The summed E-state index contributed by atoms with van der Waals surface area (Å²) in [6.07, 6.45) is 7.47. The van der Waals surface area contributed by atoms with Crippen LogP contribution in [0.15, 0.2) is 22.8 Å². The normalized spacial score (nSPS) is 32.1. The third-order valence-electron chi connectivity index (χ3n) is 4.54. The number of aliphatic hydroxyl groups excluding tert-OH is 1. The van der Waals surface area contributed by atoms with Crippen LogP contribution in [0.1, 0.15) is 46.5 Å². The summed E-state index contributed by atoms with van der Waals surface area (Å²) in [5, 5.41) is 9.37. The fourth-order valence-corrected chi connectivity index (χ4v) is 3.37. The van der Waals surface area contributed by atoms with Gasteiger partial charge in [-0.25, -0.2) is 0 Å². The second-order valence-corrected chi connectivity index (χ2v) is 5.71. The van der Waals surface area contributed by atoms with Crippen molar-refractivity contribution in [2.45, 2.75) is 46.5 Å². The van der Waals surface area contributed by atoms with Crippen LogP contribution < -0.4 is 0 Å². The Labute approximate surface area is 99.3 Å². The lowest BCUT2D eigenvalue weighted by atomic mass is 9.66. The average Bonchev–Trinajstić information content (AvgIpc) is 2.28. The topological polar surface area (TPSA) is 20.2 Å². The van der Waals surface area contributed by atoms with E-state index in [4.69, 9.17) is 0 Å². The van der Waals surface area contributed by atoms with Crippen molar-refractivity contribution in [1.82, 2.24) is 0 Å². The molecule has 0 aromatic carbocycles. The molecular formula is C15H24O. The molecular weight excluding hydrogens is 196 g/mol. The molecule has 0 heterocycles. The van der Waals surface area contributed by atoms with Crippen LogP contribution in [0.5, 0.6) is 0 Å². The summed E-state index contributed by atoms with van der Waals surface area (Å²) in [6.45, 7) is 7.08. The Hall–Kier alpha value is -0.560. The van der Waals surface area contributed by atoms with Gasteiger partial charge in [-0.2, -0.15) is 0 Å². The lowest BCUT2D eigenvalue weighted by Gasteiger charge is -2.39. The fraction of sp³-hybridized carbons (Fsp3) is 0.733. The van der Waals surface area contributed by atoms with E-state index < -0.39 is 0 Å². The van der Waals surface area contributed by atoms with Gasteiger partial charge in [0, 0.05) is 12.5 Å². The first kappa shape index (κ1) is 11.9. The van der Waals surface area contributed by atoms with Crippen LogP contribution in [-0.4, -0.2) is 11.7 Å². The molecule has 0 radical (unpaired) electrons. The van der Waals surface area contributed by atoms with Crippen molar-refractivity contribution in [3.63, 3.8) is 0 Å². The highest BCUT2D eigenvalue weighted by atomic mass is 16.3. The molecule has 16 heavy (non-hydrogen) atoms. The average molecular weight is 220 g/mol. The summed E-state index contributed by atoms with van der Waals surface area (Å²) in [5.41, 5.74) is 4.84. The highest BCUT2D eigenvalue weighted by molar-refractivity contribution is 5.30. The molecule has 0 saturated heterocycles. The predicted octanol–water partition coefficient (Wildman–Crippen LogP) is 3.70. The van der Waals surface area contributed by atoms with Crippen molar-refractivity contribution in [2.75, 3.05) is 6.61 Å². The van der Waals surface area contributed by atoms with Crippen molar-refractivity contribution in [1.29, 1.82) is 0 Å². The van der Waals surface area contributed by atoms with E-state index in [2.05, 4.69) is 26.8 Å². The SMILES string of the molecule is CC1=CC2C(=C(C)CC[C@H]2C(C)CO)CC1. The molecule has 0 saturated carbocycles. The Morgan fingerprint density at radius 1 is 1.31 bits per heavy atom. The highest BCUT2D eigenvalue weighted by Gasteiger charge is 2.33. The molecule has 1 nitrogen and oxygen atoms in total. The summed E-state index contributed by atoms with van der Waals surface area (Å²) < 4.78 is 0. The Kier molecular flexibility index (Phi) is 3.53. The first-order chi connectivity index (χ1) is 7.63. The van der Waals surface area contributed by atoms with Crippen molar-refractivity contribution in [2.24, 2.45) is 17.8 Å². The molecule has 0 amide bonds. The highest BCUT2D eigenvalue weighted by Crippen LogP contribution is 2.44. The van der Waals surface area contributed by atoms with Crippen molar-refractivity contribution < 1.29 is 5.11 Å². The first-order valence-electron chi connectivity index (χ1n) is 6.60. The lowest BCUT2D eigenvalue weighted by molar-refractivity contribution is 0.157. The molecule has 3 atom stereocenters. The zero-order valence-corrected chi connectivity index (χ0v) is 10.8. The van der Waals surface area contributed by atoms with Gasteiger partial charge >= 0.3 is 0 Å². The maximum Gasteiger partial charge on any atom is 0.0459 e. The van der Waals surface area contributed by atoms with Crippen LogP contribution in [0.4, 0.5) is 0 Å². The zero-order valence-electron chi connectivity index (χ0n) is 10.8. The summed E-state index contributed by atoms with van der Waals surface area (Å²) in [5.74, 6) is 1.74. The van der Waals surface area contributed by atoms with E-state index in [1.54, 1.807) is 16.7 Å². The van der Waals surface area contributed by atoms with E-state index in [0.29, 0.717) is 24.4 Å². The number of aliphatic hydroxyl groups is 1. The summed E-state index contributed by atoms with van der Waals surface area (Å²) >= 11 is 0. The van der Waals surface area contributed by atoms with Crippen LogP contribution in [0.3, 0.4) is 0 Å². The van der Waals surface area contributed by atoms with Gasteiger partial charge < -0.3 is 5.11 Å². The van der Waals surface area contributed by atoms with E-state index in [-0.39, 0.29) is 0 Å². The smallest absolute Gasteiger partial charge is 0.0459 e. The summed E-state index contributed by atoms with van der Waals surface area (Å²) in [6, 6.07) is 0. The Morgan fingerprint density at radius 2 is 2.06 bits per heavy atom. The van der Waals surface area contributed by atoms with E-state index >= 15 is 0 Å². The predicted molar refractivity (Wildman–Crippen MR) is 68.2 cm³/mol. The van der Waals surface area contributed by atoms with Crippen molar-refractivity contribution in [3.05, 3.63) is 22.8 Å². The summed E-state index contributed by atoms with van der Waals surface area (Å²) in [4.78, 5) is 0. The van der Waals surface area contributed by atoms with Gasteiger partial charge in [-0.3, -0.25) is 0 Å². The third kappa shape index (κ3) is 2.10. The van der Waals surface area contributed by atoms with E-state index in [1.165, 1.54) is 25.7 Å². The van der Waals surface area contributed by atoms with Gasteiger partial charge in [0.15, 0.2) is 0 Å². The number of rotatable bonds is 2. The van der Waals surface area contributed by atoms with Gasteiger partial charge in [-0.15, -0.1) is 0 Å². The number of hydrogen-bond donors (Lipinski definition) is 1. The number of hydrogen-bond acceptors (Lipinski definition) is 1. The molecule has 0 fully saturated rings. The quantitative estimate of drug-likeness (QED) is 0.704. The maximum absolute atomic E-state index is 9.37. The Bertz CT molecular complexity index is 324. The minimum atomic E-state index is 0.334. The summed E-state index contributed by atoms with van der Waals surface area (Å²) in [7, 11) is 0. The monoisotopic (exact) mass is 220 g/mol. The molecule has 0 aliphatic heterocycles. The van der Waals surface area contributed by atoms with Crippen molar-refractivity contribution >= 4 is 0 Å². The van der Waals surface area contributed by atoms with Gasteiger partial charge in [0.05, 0.1) is 0 Å². The Morgan fingerprint density at radius 3 is 2.75 bits per heavy atom. The number of allylic oxidation sites excluding steroid dienone is 4. The standard InChI is InChI=1S/C15H24O/c1-10-4-6-13-11(2)5-7-14(12(3)9-16)15(13)8-10/h8,12,14-16H,4-7,9H2,1-3H3/t12?,14-,15?/m0/s1. The largest absolute Gasteiger partial charge is 0.396 e. The minimum Gasteiger partial charge on any atom is -0.396 e. The van der Waals surface area contributed by atoms with Crippen LogP contribution in [0.2, 0.25) is 0 Å². The van der Waals surface area contributed by atoms with Gasteiger partial charge in [0.1, 0.15) is 0 Å². The first-order valence-corrected chi connectivity index (χ1v) is 6.60. The molecule has 2 unspecified atom stereocenters. The molecule has 2 aliphatic carbocycles. The molecule has 2 aliphatic rings. The minimum absolute atomic E-state index is 0.334. The molecule has 0 bridgehead atoms. The van der Waals surface area contributed by atoms with Gasteiger partial charge in [0.2, 0.25) is 0 Å². The lowest BCUT2D eigenvalue weighted by Crippen LogP contribution is -2.29. The van der Waals surface area contributed by atoms with Gasteiger partial charge in [-0.05, 0) is 51.4 Å². The molecule has 2 rings (SSSR count). The van der Waals surface area contributed by atoms with Crippen molar-refractivity contribution in [3.8, 4) is 0 Å². The zero-order chi connectivity index (χ0) is 11.7. The van der Waals surface area contributed by atoms with E-state index in [1.807, 2.05) is 0 Å². The molecule has 1 heteroatoms. The molecule has 0 aromatic heterocycles. The van der Waals surface area contributed by atoms with E-state index in [9.17, 15) is 5.11 Å². The van der Waals surface area contributed by atoms with Gasteiger partial charge in [0.25, 0.3) is 0 Å². The number of fused-ring (bicyclic) bond motifs is 1. The van der Waals surface area contributed by atoms with Gasteiger partial charge in [-0.1, -0.05) is 29.7 Å². The van der Waals surface area contributed by atoms with Crippen LogP contribution in [0, 0.1) is 17.8 Å². The Balaban J connectivity index is 2.29. The van der Waals surface area contributed by atoms with Crippen LogP contribution in [0.25, 0.3) is 0 Å².